The summed E-state index contributed by atoms with van der Waals surface area (Å²) in [4.78, 5) is 29.2. The number of fused-ring (bicyclic) bond motifs is 1. The van der Waals surface area contributed by atoms with Gasteiger partial charge in [0.2, 0.25) is 5.91 Å². The molecule has 2 aliphatic rings. The molecule has 0 saturated heterocycles. The largest absolute Gasteiger partial charge is 0.351 e. The number of aromatic nitrogens is 2. The van der Waals surface area contributed by atoms with Crippen LogP contribution in [-0.4, -0.2) is 38.1 Å². The molecule has 2 amide bonds. The van der Waals surface area contributed by atoms with Crippen molar-refractivity contribution in [3.05, 3.63) is 64.8 Å². The second kappa shape index (κ2) is 13.0. The van der Waals surface area contributed by atoms with Crippen molar-refractivity contribution in [1.82, 2.24) is 20.0 Å². The number of nitrogens with one attached hydrogen (secondary N) is 1. The summed E-state index contributed by atoms with van der Waals surface area (Å²) in [6.07, 6.45) is 8.75. The lowest BCUT2D eigenvalue weighted by Gasteiger charge is -2.44. The van der Waals surface area contributed by atoms with E-state index in [4.69, 9.17) is 0 Å². The van der Waals surface area contributed by atoms with Crippen molar-refractivity contribution in [3.8, 4) is 0 Å². The minimum atomic E-state index is -1.01. The van der Waals surface area contributed by atoms with Crippen LogP contribution in [0.4, 0.5) is 0 Å². The lowest BCUT2D eigenvalue weighted by Crippen LogP contribution is -2.64. The Labute approximate surface area is 214 Å². The monoisotopic (exact) mass is 496 g/mol. The van der Waals surface area contributed by atoms with Crippen molar-refractivity contribution in [1.29, 1.82) is 0 Å². The average Bonchev–Trinajstić information content (AvgIpc) is 3.09. The number of rotatable bonds is 7. The molecule has 0 radical (unpaired) electrons. The molecular formula is C28H40N4O2S. The van der Waals surface area contributed by atoms with E-state index in [-0.39, 0.29) is 17.9 Å². The first-order valence-corrected chi connectivity index (χ1v) is 14.0. The lowest BCUT2D eigenvalue weighted by molar-refractivity contribution is -0.134. The fraction of sp³-hybridized carbons (Fsp3) is 0.536. The third-order valence-corrected chi connectivity index (χ3v) is 7.60. The van der Waals surface area contributed by atoms with Crippen molar-refractivity contribution in [2.45, 2.75) is 96.6 Å². The molecule has 1 saturated carbocycles. The van der Waals surface area contributed by atoms with Crippen molar-refractivity contribution in [2.75, 3.05) is 0 Å². The van der Waals surface area contributed by atoms with E-state index in [1.54, 1.807) is 21.3 Å². The van der Waals surface area contributed by atoms with Gasteiger partial charge in [-0.2, -0.15) is 5.10 Å². The Hall–Kier alpha value is -2.54. The third kappa shape index (κ3) is 6.57. The van der Waals surface area contributed by atoms with Crippen LogP contribution < -0.4 is 5.32 Å². The molecule has 1 aliphatic carbocycles. The maximum Gasteiger partial charge on any atom is 0.273 e. The zero-order valence-corrected chi connectivity index (χ0v) is 22.4. The van der Waals surface area contributed by atoms with E-state index >= 15 is 0 Å². The normalized spacial score (nSPS) is 20.7. The van der Waals surface area contributed by atoms with Crippen LogP contribution >= 0.6 is 11.8 Å². The quantitative estimate of drug-likeness (QED) is 0.483. The van der Waals surface area contributed by atoms with Gasteiger partial charge in [0.15, 0.2) is 0 Å². The number of nitrogens with zero attached hydrogens (tertiary/aromatic N) is 3. The van der Waals surface area contributed by atoms with Gasteiger partial charge in [-0.1, -0.05) is 75.9 Å². The predicted octanol–water partition coefficient (Wildman–Crippen LogP) is 5.93. The smallest absolute Gasteiger partial charge is 0.273 e. The van der Waals surface area contributed by atoms with Gasteiger partial charge in [0.05, 0.1) is 12.2 Å². The molecule has 1 aliphatic heterocycles. The SMILES string of the molecule is C/C=C\SCc1cc2n(n1)CC(C)(C(=O)NC1CCCCCC1)N(Cc1ccccc1)C2=O.CC. The number of amides is 2. The van der Waals surface area contributed by atoms with Crippen molar-refractivity contribution < 1.29 is 9.59 Å². The minimum absolute atomic E-state index is 0.0790. The van der Waals surface area contributed by atoms with Gasteiger partial charge in [-0.05, 0) is 43.7 Å². The van der Waals surface area contributed by atoms with Crippen LogP contribution in [0.5, 0.6) is 0 Å². The Bertz CT molecular complexity index is 996. The molecule has 35 heavy (non-hydrogen) atoms. The summed E-state index contributed by atoms with van der Waals surface area (Å²) in [5, 5.41) is 10.0. The van der Waals surface area contributed by atoms with E-state index in [1.165, 1.54) is 12.8 Å². The van der Waals surface area contributed by atoms with E-state index in [0.717, 1.165) is 36.9 Å². The second-order valence-corrected chi connectivity index (χ2v) is 10.2. The molecule has 0 bridgehead atoms. The molecule has 190 valence electrons. The van der Waals surface area contributed by atoms with Gasteiger partial charge in [-0.25, -0.2) is 0 Å². The minimum Gasteiger partial charge on any atom is -0.351 e. The first-order chi connectivity index (χ1) is 17.0. The van der Waals surface area contributed by atoms with Gasteiger partial charge in [0, 0.05) is 18.3 Å². The number of hydrogen-bond donors (Lipinski definition) is 1. The summed E-state index contributed by atoms with van der Waals surface area (Å²) in [6.45, 7) is 8.61. The number of allylic oxidation sites excluding steroid dienone is 1. The van der Waals surface area contributed by atoms with Crippen molar-refractivity contribution in [3.63, 3.8) is 0 Å². The summed E-state index contributed by atoms with van der Waals surface area (Å²) < 4.78 is 1.74. The maximum atomic E-state index is 13.7. The Balaban J connectivity index is 0.00000167. The molecule has 1 N–H and O–H groups in total. The summed E-state index contributed by atoms with van der Waals surface area (Å²) in [6, 6.07) is 11.9. The highest BCUT2D eigenvalue weighted by Crippen LogP contribution is 2.31. The van der Waals surface area contributed by atoms with Crippen LogP contribution in [0, 0.1) is 0 Å². The highest BCUT2D eigenvalue weighted by atomic mass is 32.2. The van der Waals surface area contributed by atoms with Crippen LogP contribution in [-0.2, 0) is 23.6 Å². The van der Waals surface area contributed by atoms with Crippen LogP contribution in [0.3, 0.4) is 0 Å². The lowest BCUT2D eigenvalue weighted by atomic mass is 9.93. The average molecular weight is 497 g/mol. The van der Waals surface area contributed by atoms with Gasteiger partial charge < -0.3 is 10.2 Å². The van der Waals surface area contributed by atoms with Crippen LogP contribution in [0.1, 0.15) is 88.0 Å². The molecule has 1 atom stereocenters. The number of carbonyl (C=O) groups is 2. The molecule has 7 heteroatoms. The number of carbonyl (C=O) groups excluding carboxylic acids is 2. The molecular weight excluding hydrogens is 456 g/mol. The molecule has 1 aromatic carbocycles. The summed E-state index contributed by atoms with van der Waals surface area (Å²) >= 11 is 1.65. The first kappa shape index (κ1) is 27.1. The zero-order chi connectivity index (χ0) is 25.3. The Morgan fingerprint density at radius 1 is 1.17 bits per heavy atom. The van der Waals surface area contributed by atoms with Crippen molar-refractivity contribution >= 4 is 23.6 Å². The second-order valence-electron chi connectivity index (χ2n) is 9.27. The van der Waals surface area contributed by atoms with Crippen LogP contribution in [0.15, 0.2) is 47.9 Å². The molecule has 1 fully saturated rings. The topological polar surface area (TPSA) is 67.2 Å². The van der Waals surface area contributed by atoms with E-state index in [0.29, 0.717) is 24.5 Å². The Morgan fingerprint density at radius 3 is 2.51 bits per heavy atom. The summed E-state index contributed by atoms with van der Waals surface area (Å²) in [7, 11) is 0. The summed E-state index contributed by atoms with van der Waals surface area (Å²) in [5.41, 5.74) is 1.42. The van der Waals surface area contributed by atoms with E-state index < -0.39 is 5.54 Å². The molecule has 4 rings (SSSR count). The molecule has 0 spiro atoms. The molecule has 1 aromatic heterocycles. The maximum absolute atomic E-state index is 13.7. The van der Waals surface area contributed by atoms with Gasteiger partial charge in [0.1, 0.15) is 11.2 Å². The number of hydrogen-bond acceptors (Lipinski definition) is 4. The Kier molecular flexibility index (Phi) is 10.0. The molecule has 1 unspecified atom stereocenters. The van der Waals surface area contributed by atoms with Crippen LogP contribution in [0.2, 0.25) is 0 Å². The highest BCUT2D eigenvalue weighted by molar-refractivity contribution is 8.01. The van der Waals surface area contributed by atoms with Crippen LogP contribution in [0.25, 0.3) is 0 Å². The Morgan fingerprint density at radius 2 is 1.86 bits per heavy atom. The molecule has 2 heterocycles. The fourth-order valence-corrected chi connectivity index (χ4v) is 5.37. The van der Waals surface area contributed by atoms with Gasteiger partial charge >= 0.3 is 0 Å². The number of thioether (sulfide) groups is 1. The fourth-order valence-electron chi connectivity index (χ4n) is 4.77. The number of benzene rings is 1. The van der Waals surface area contributed by atoms with E-state index in [2.05, 4.69) is 10.4 Å². The van der Waals surface area contributed by atoms with Gasteiger partial charge in [-0.15, -0.1) is 11.8 Å². The standard InChI is InChI=1S/C26H34N4O2S.C2H6/c1-3-15-33-18-22-16-23-24(31)29(17-20-11-7-6-8-12-20)26(2,19-30(23)28-22)25(32)27-21-13-9-4-5-10-14-21;1-2/h3,6-8,11-12,15-16,21H,4-5,9-10,13-14,17-19H2,1-2H3,(H,27,32);1-2H3/b15-3-;. The van der Waals surface area contributed by atoms with Gasteiger partial charge in [-0.3, -0.25) is 14.3 Å². The molecule has 6 nitrogen and oxygen atoms in total. The van der Waals surface area contributed by atoms with Gasteiger partial charge in [0.25, 0.3) is 5.91 Å². The summed E-state index contributed by atoms with van der Waals surface area (Å²) in [5.74, 6) is 0.476. The zero-order valence-electron chi connectivity index (χ0n) is 21.6. The highest BCUT2D eigenvalue weighted by Gasteiger charge is 2.48. The predicted molar refractivity (Wildman–Crippen MR) is 144 cm³/mol. The van der Waals surface area contributed by atoms with E-state index in [9.17, 15) is 9.59 Å². The van der Waals surface area contributed by atoms with Crippen molar-refractivity contribution in [2.24, 2.45) is 0 Å². The molecule has 2 aromatic rings. The first-order valence-electron chi connectivity index (χ1n) is 13.0. The third-order valence-electron chi connectivity index (χ3n) is 6.67. The van der Waals surface area contributed by atoms with E-state index in [1.807, 2.05) is 75.6 Å².